The van der Waals surface area contributed by atoms with Crippen LogP contribution in [-0.2, 0) is 6.54 Å². The molecule has 1 aromatic carbocycles. The lowest BCUT2D eigenvalue weighted by Gasteiger charge is -2.07. The molecule has 0 saturated heterocycles. The van der Waals surface area contributed by atoms with Gasteiger partial charge in [-0.25, -0.2) is 9.97 Å². The van der Waals surface area contributed by atoms with Gasteiger partial charge in [-0.1, -0.05) is 17.3 Å². The van der Waals surface area contributed by atoms with Crippen molar-refractivity contribution in [1.82, 2.24) is 20.4 Å². The molecule has 1 N–H and O–H groups in total. The molecule has 6 nitrogen and oxygen atoms in total. The van der Waals surface area contributed by atoms with Crippen LogP contribution in [0.5, 0.6) is 0 Å². The van der Waals surface area contributed by atoms with Crippen molar-refractivity contribution >= 4 is 38.6 Å². The highest BCUT2D eigenvalue weighted by Crippen LogP contribution is 2.24. The van der Waals surface area contributed by atoms with E-state index in [1.807, 2.05) is 30.6 Å². The number of fused-ring (bicyclic) bond motifs is 2. The van der Waals surface area contributed by atoms with Gasteiger partial charge in [0.15, 0.2) is 0 Å². The van der Waals surface area contributed by atoms with Crippen LogP contribution in [0.25, 0.3) is 21.3 Å². The Kier molecular flexibility index (Phi) is 3.50. The smallest absolute Gasteiger partial charge is 0.258 e. The molecule has 3 heterocycles. The quantitative estimate of drug-likeness (QED) is 0.619. The first-order chi connectivity index (χ1) is 11.6. The molecule has 7 heteroatoms. The van der Waals surface area contributed by atoms with E-state index in [0.29, 0.717) is 34.6 Å². The Balaban J connectivity index is 1.65. The maximum Gasteiger partial charge on any atom is 0.258 e. The zero-order valence-electron chi connectivity index (χ0n) is 13.2. The predicted molar refractivity (Wildman–Crippen MR) is 92.1 cm³/mol. The Morgan fingerprint density at radius 3 is 3.08 bits per heavy atom. The van der Waals surface area contributed by atoms with Crippen molar-refractivity contribution in [1.29, 1.82) is 0 Å². The van der Waals surface area contributed by atoms with E-state index in [1.54, 1.807) is 24.3 Å². The maximum atomic E-state index is 12.7. The molecule has 4 rings (SSSR count). The van der Waals surface area contributed by atoms with Gasteiger partial charge in [0.05, 0.1) is 32.4 Å². The Hall–Kier alpha value is -2.80. The van der Waals surface area contributed by atoms with E-state index in [2.05, 4.69) is 20.4 Å². The lowest BCUT2D eigenvalue weighted by molar-refractivity contribution is 0.0952. The molecule has 4 aromatic rings. The normalized spacial score (nSPS) is 11.2. The predicted octanol–water partition coefficient (Wildman–Crippen LogP) is 3.38. The number of carbonyl (C=O) groups excluding carboxylic acids is 1. The van der Waals surface area contributed by atoms with Crippen LogP contribution in [-0.4, -0.2) is 21.0 Å². The van der Waals surface area contributed by atoms with Crippen molar-refractivity contribution in [2.24, 2.45) is 0 Å². The van der Waals surface area contributed by atoms with Gasteiger partial charge in [-0.05, 0) is 31.5 Å². The summed E-state index contributed by atoms with van der Waals surface area (Å²) in [6.45, 7) is 4.06. The van der Waals surface area contributed by atoms with Crippen LogP contribution in [0.4, 0.5) is 0 Å². The second-order valence-electron chi connectivity index (χ2n) is 5.56. The van der Waals surface area contributed by atoms with Crippen LogP contribution in [0, 0.1) is 13.8 Å². The molecule has 0 aliphatic carbocycles. The Morgan fingerprint density at radius 1 is 1.33 bits per heavy atom. The number of aromatic nitrogens is 3. The van der Waals surface area contributed by atoms with Crippen LogP contribution in [0.1, 0.15) is 27.3 Å². The molecular formula is C17H14N4O2S. The fourth-order valence-electron chi connectivity index (χ4n) is 2.75. The molecule has 0 fully saturated rings. The second-order valence-corrected chi connectivity index (χ2v) is 6.41. The maximum absolute atomic E-state index is 12.7. The highest BCUT2D eigenvalue weighted by atomic mass is 32.1. The largest absolute Gasteiger partial charge is 0.348 e. The number of carbonyl (C=O) groups is 1. The van der Waals surface area contributed by atoms with Crippen molar-refractivity contribution < 1.29 is 9.32 Å². The first-order valence-corrected chi connectivity index (χ1v) is 8.34. The third-order valence-electron chi connectivity index (χ3n) is 3.87. The van der Waals surface area contributed by atoms with Gasteiger partial charge in [0.1, 0.15) is 0 Å². The lowest BCUT2D eigenvalue weighted by Crippen LogP contribution is -2.23. The van der Waals surface area contributed by atoms with E-state index < -0.39 is 0 Å². The molecule has 0 bridgehead atoms. The molecule has 0 atom stereocenters. The number of thiazole rings is 1. The highest BCUT2D eigenvalue weighted by molar-refractivity contribution is 7.16. The van der Waals surface area contributed by atoms with Crippen molar-refractivity contribution in [3.05, 3.63) is 52.3 Å². The van der Waals surface area contributed by atoms with Crippen molar-refractivity contribution in [2.45, 2.75) is 20.4 Å². The van der Waals surface area contributed by atoms with Gasteiger partial charge in [-0.2, -0.15) is 0 Å². The van der Waals surface area contributed by atoms with Crippen LogP contribution >= 0.6 is 11.3 Å². The summed E-state index contributed by atoms with van der Waals surface area (Å²) in [6, 6.07) is 7.67. The summed E-state index contributed by atoms with van der Waals surface area (Å²) >= 11 is 1.57. The van der Waals surface area contributed by atoms with E-state index in [1.165, 1.54) is 0 Å². The van der Waals surface area contributed by atoms with E-state index in [4.69, 9.17) is 4.52 Å². The molecule has 0 spiro atoms. The topological polar surface area (TPSA) is 80.9 Å². The van der Waals surface area contributed by atoms with Gasteiger partial charge in [-0.15, -0.1) is 11.3 Å². The lowest BCUT2D eigenvalue weighted by atomic mass is 10.1. The van der Waals surface area contributed by atoms with Crippen LogP contribution in [0.2, 0.25) is 0 Å². The average molecular weight is 338 g/mol. The van der Waals surface area contributed by atoms with E-state index >= 15 is 0 Å². The summed E-state index contributed by atoms with van der Waals surface area (Å²) in [4.78, 5) is 21.3. The average Bonchev–Trinajstić information content (AvgIpc) is 3.19. The third kappa shape index (κ3) is 2.43. The summed E-state index contributed by atoms with van der Waals surface area (Å²) in [7, 11) is 0. The number of benzene rings is 1. The first-order valence-electron chi connectivity index (χ1n) is 7.46. The summed E-state index contributed by atoms with van der Waals surface area (Å²) in [5, 5.41) is 7.55. The zero-order valence-corrected chi connectivity index (χ0v) is 14.0. The van der Waals surface area contributed by atoms with Gasteiger partial charge in [-0.3, -0.25) is 4.79 Å². The number of amides is 1. The number of hydrogen-bond donors (Lipinski definition) is 1. The second kappa shape index (κ2) is 5.68. The van der Waals surface area contributed by atoms with E-state index in [0.717, 1.165) is 15.8 Å². The highest BCUT2D eigenvalue weighted by Gasteiger charge is 2.17. The van der Waals surface area contributed by atoms with Crippen LogP contribution < -0.4 is 5.32 Å². The third-order valence-corrected chi connectivity index (χ3v) is 4.79. The summed E-state index contributed by atoms with van der Waals surface area (Å²) < 4.78 is 6.28. The fraction of sp³-hybridized carbons (Fsp3) is 0.176. The number of rotatable bonds is 3. The SMILES string of the molecule is Cc1cc(C(=O)NCc2cccc3ncsc23)c2c(C)noc2n1. The van der Waals surface area contributed by atoms with Gasteiger partial charge >= 0.3 is 0 Å². The molecule has 0 radical (unpaired) electrons. The molecule has 0 aliphatic heterocycles. The minimum Gasteiger partial charge on any atom is -0.348 e. The monoisotopic (exact) mass is 338 g/mol. The molecule has 0 unspecified atom stereocenters. The number of hydrogen-bond acceptors (Lipinski definition) is 6. The molecule has 0 saturated carbocycles. The zero-order chi connectivity index (χ0) is 16.7. The molecule has 0 aliphatic rings. The Labute approximate surface area is 141 Å². The van der Waals surface area contributed by atoms with E-state index in [-0.39, 0.29) is 5.91 Å². The minimum absolute atomic E-state index is 0.168. The molecular weight excluding hydrogens is 324 g/mol. The minimum atomic E-state index is -0.168. The van der Waals surface area contributed by atoms with Gasteiger partial charge < -0.3 is 9.84 Å². The Bertz CT molecular complexity index is 1070. The number of pyridine rings is 1. The van der Waals surface area contributed by atoms with Crippen LogP contribution in [0.3, 0.4) is 0 Å². The van der Waals surface area contributed by atoms with Crippen molar-refractivity contribution in [3.63, 3.8) is 0 Å². The fourth-order valence-corrected chi connectivity index (χ4v) is 3.56. The number of nitrogens with zero attached hydrogens (tertiary/aromatic N) is 3. The van der Waals surface area contributed by atoms with Gasteiger partial charge in [0.25, 0.3) is 11.6 Å². The van der Waals surface area contributed by atoms with Gasteiger partial charge in [0.2, 0.25) is 0 Å². The first kappa shape index (κ1) is 14.8. The summed E-state index contributed by atoms with van der Waals surface area (Å²) in [6.07, 6.45) is 0. The Morgan fingerprint density at radius 2 is 2.21 bits per heavy atom. The van der Waals surface area contributed by atoms with Gasteiger partial charge in [0, 0.05) is 12.2 Å². The summed E-state index contributed by atoms with van der Waals surface area (Å²) in [5.74, 6) is -0.168. The molecule has 120 valence electrons. The number of aryl methyl sites for hydroxylation is 2. The standard InChI is InChI=1S/C17H14N4O2S/c1-9-6-12(14-10(2)21-23-17(14)20-9)16(22)18-7-11-4-3-5-13-15(11)24-8-19-13/h3-6,8H,7H2,1-2H3,(H,18,22). The van der Waals surface area contributed by atoms with Crippen LogP contribution in [0.15, 0.2) is 34.3 Å². The van der Waals surface area contributed by atoms with E-state index in [9.17, 15) is 4.79 Å². The summed E-state index contributed by atoms with van der Waals surface area (Å²) in [5.41, 5.74) is 6.11. The molecule has 24 heavy (non-hydrogen) atoms. The molecule has 3 aromatic heterocycles. The molecule has 1 amide bonds. The number of nitrogens with one attached hydrogen (secondary N) is 1. The van der Waals surface area contributed by atoms with Crippen molar-refractivity contribution in [2.75, 3.05) is 0 Å². The van der Waals surface area contributed by atoms with Crippen molar-refractivity contribution in [3.8, 4) is 0 Å².